The van der Waals surface area contributed by atoms with E-state index in [4.69, 9.17) is 0 Å². The van der Waals surface area contributed by atoms with Crippen LogP contribution in [0.15, 0.2) is 36.7 Å². The Morgan fingerprint density at radius 2 is 0.875 bits per heavy atom. The fourth-order valence-corrected chi connectivity index (χ4v) is 4.33. The molecular formula is C21H24AgN2. The first-order valence-corrected chi connectivity index (χ1v) is 8.95. The Labute approximate surface area is 156 Å². The summed E-state index contributed by atoms with van der Waals surface area (Å²) in [6, 6.07) is 8.95. The fourth-order valence-electron chi connectivity index (χ4n) is 3.78. The predicted octanol–water partition coefficient (Wildman–Crippen LogP) is 5.20. The van der Waals surface area contributed by atoms with Gasteiger partial charge in [-0.2, -0.15) is 0 Å². The number of hydrogen-bond donors (Lipinski definition) is 0. The zero-order chi connectivity index (χ0) is 17.6. The summed E-state index contributed by atoms with van der Waals surface area (Å²) in [5, 5.41) is 0. The van der Waals surface area contributed by atoms with Gasteiger partial charge in [0.05, 0.1) is 0 Å². The summed E-state index contributed by atoms with van der Waals surface area (Å²) >= 11 is 3.85. The van der Waals surface area contributed by atoms with Crippen LogP contribution in [0.25, 0.3) is 11.4 Å². The number of benzene rings is 2. The summed E-state index contributed by atoms with van der Waals surface area (Å²) in [7, 11) is 0. The molecule has 0 radical (unpaired) electrons. The third kappa shape index (κ3) is 2.90. The second-order valence-corrected chi connectivity index (χ2v) is 7.43. The van der Waals surface area contributed by atoms with E-state index in [9.17, 15) is 0 Å². The van der Waals surface area contributed by atoms with E-state index in [0.29, 0.717) is 0 Å². The van der Waals surface area contributed by atoms with E-state index >= 15 is 0 Å². The first kappa shape index (κ1) is 17.2. The Morgan fingerprint density at radius 3 is 1.17 bits per heavy atom. The van der Waals surface area contributed by atoms with E-state index in [1.54, 1.807) is 0 Å². The average Bonchev–Trinajstić information content (AvgIpc) is 2.79. The topological polar surface area (TPSA) is 9.86 Å². The maximum absolute atomic E-state index is 3.85. The number of aromatic nitrogens is 2. The SMILES string of the molecule is Cc1cc(C)c(-n2ccn(-c3c(C)cc(C)cc3C)[c]2=[Ag])c(C)c1. The number of aryl methyl sites for hydroxylation is 6. The molecule has 129 valence electrons. The minimum absolute atomic E-state index is 1.03. The zero-order valence-corrected chi connectivity index (χ0v) is 16.6. The zero-order valence-electron chi connectivity index (χ0n) is 15.2. The molecule has 1 heterocycles. The molecule has 0 amide bonds. The van der Waals surface area contributed by atoms with Crippen LogP contribution in [0.1, 0.15) is 33.4 Å². The molecule has 0 bridgehead atoms. The molecule has 1 aromatic heterocycles. The molecule has 0 aliphatic carbocycles. The van der Waals surface area contributed by atoms with Gasteiger partial charge in [0.2, 0.25) is 0 Å². The second-order valence-electron chi connectivity index (χ2n) is 6.77. The van der Waals surface area contributed by atoms with Gasteiger partial charge >= 0.3 is 156 Å². The summed E-state index contributed by atoms with van der Waals surface area (Å²) in [6.45, 7) is 13.0. The van der Waals surface area contributed by atoms with Crippen molar-refractivity contribution in [1.29, 1.82) is 0 Å². The van der Waals surface area contributed by atoms with E-state index in [1.165, 1.54) is 44.8 Å². The number of nitrogens with zero attached hydrogens (tertiary/aromatic N) is 2. The van der Waals surface area contributed by atoms with E-state index in [2.05, 4.69) is 108 Å². The van der Waals surface area contributed by atoms with Gasteiger partial charge in [0.1, 0.15) is 0 Å². The normalized spacial score (nSPS) is 11.2. The molecule has 0 spiro atoms. The van der Waals surface area contributed by atoms with Crippen molar-refractivity contribution in [3.8, 4) is 11.4 Å². The first-order valence-electron chi connectivity index (χ1n) is 8.20. The molecule has 0 aliphatic heterocycles. The summed E-state index contributed by atoms with van der Waals surface area (Å²) in [5.41, 5.74) is 10.2. The van der Waals surface area contributed by atoms with E-state index < -0.39 is 0 Å². The summed E-state index contributed by atoms with van der Waals surface area (Å²) in [4.78, 5) is 0. The van der Waals surface area contributed by atoms with E-state index in [0.717, 1.165) is 3.63 Å². The molecule has 0 saturated heterocycles. The molecular weight excluding hydrogens is 388 g/mol. The third-order valence-corrected chi connectivity index (χ3v) is 5.19. The molecule has 3 heteroatoms. The van der Waals surface area contributed by atoms with Crippen molar-refractivity contribution in [2.24, 2.45) is 0 Å². The Morgan fingerprint density at radius 1 is 0.583 bits per heavy atom. The molecule has 0 unspecified atom stereocenters. The van der Waals surface area contributed by atoms with Gasteiger partial charge in [-0.25, -0.2) is 0 Å². The number of hydrogen-bond acceptors (Lipinski definition) is 0. The summed E-state index contributed by atoms with van der Waals surface area (Å²) < 4.78 is 5.48. The van der Waals surface area contributed by atoms with Crippen LogP contribution >= 0.6 is 0 Å². The minimum atomic E-state index is 1.03. The van der Waals surface area contributed by atoms with Crippen LogP contribution in [0.2, 0.25) is 0 Å². The van der Waals surface area contributed by atoms with Gasteiger partial charge in [0, 0.05) is 0 Å². The molecule has 0 N–H and O–H groups in total. The van der Waals surface area contributed by atoms with Gasteiger partial charge in [-0.05, 0) is 0 Å². The van der Waals surface area contributed by atoms with Gasteiger partial charge in [-0.1, -0.05) is 0 Å². The van der Waals surface area contributed by atoms with Gasteiger partial charge in [-0.3, -0.25) is 0 Å². The predicted molar refractivity (Wildman–Crippen MR) is 96.8 cm³/mol. The van der Waals surface area contributed by atoms with E-state index in [1.807, 2.05) is 0 Å². The third-order valence-electron chi connectivity index (χ3n) is 4.48. The maximum atomic E-state index is 3.85. The first-order chi connectivity index (χ1) is 11.3. The van der Waals surface area contributed by atoms with Crippen LogP contribution < -0.4 is 0 Å². The Hall–Kier alpha value is -1.61. The van der Waals surface area contributed by atoms with Crippen molar-refractivity contribution in [1.82, 2.24) is 9.13 Å². The van der Waals surface area contributed by atoms with Crippen LogP contribution in [-0.4, -0.2) is 9.13 Å². The van der Waals surface area contributed by atoms with Gasteiger partial charge in [0.25, 0.3) is 0 Å². The van der Waals surface area contributed by atoms with Gasteiger partial charge in [0.15, 0.2) is 0 Å². The van der Waals surface area contributed by atoms with Crippen molar-refractivity contribution in [2.75, 3.05) is 0 Å². The summed E-state index contributed by atoms with van der Waals surface area (Å²) in [5.74, 6) is 0. The molecule has 0 atom stereocenters. The number of imidazole rings is 1. The molecule has 0 saturated carbocycles. The summed E-state index contributed by atoms with van der Waals surface area (Å²) in [6.07, 6.45) is 4.26. The molecule has 2 nitrogen and oxygen atoms in total. The Kier molecular flexibility index (Phi) is 4.56. The quantitative estimate of drug-likeness (QED) is 0.513. The molecule has 3 rings (SSSR count). The van der Waals surface area contributed by atoms with Crippen molar-refractivity contribution in [3.63, 3.8) is 0 Å². The van der Waals surface area contributed by atoms with Crippen LogP contribution in [0.3, 0.4) is 0 Å². The molecule has 0 aliphatic rings. The van der Waals surface area contributed by atoms with Gasteiger partial charge in [-0.15, -0.1) is 0 Å². The van der Waals surface area contributed by atoms with Crippen molar-refractivity contribution >= 4 is 0 Å². The molecule has 3 aromatic rings. The van der Waals surface area contributed by atoms with Crippen LogP contribution in [0.5, 0.6) is 0 Å². The molecule has 2 aromatic carbocycles. The number of rotatable bonds is 2. The van der Waals surface area contributed by atoms with Crippen molar-refractivity contribution in [3.05, 3.63) is 73.7 Å². The average molecular weight is 412 g/mol. The van der Waals surface area contributed by atoms with Crippen LogP contribution in [0, 0.1) is 45.2 Å². The standard InChI is InChI=1S/C21H24N2.Ag/c1-14-9-16(3)20(17(4)10-14)22-7-8-23(13-22)21-18(5)11-15(2)12-19(21)6;/h7-12H,1-6H3;. The van der Waals surface area contributed by atoms with Crippen molar-refractivity contribution < 1.29 is 20.6 Å². The van der Waals surface area contributed by atoms with E-state index in [-0.39, 0.29) is 0 Å². The van der Waals surface area contributed by atoms with Crippen molar-refractivity contribution in [2.45, 2.75) is 41.5 Å². The Balaban J connectivity index is 2.24. The van der Waals surface area contributed by atoms with Gasteiger partial charge < -0.3 is 0 Å². The Bertz CT molecular complexity index is 865. The fraction of sp³-hybridized carbons (Fsp3) is 0.286. The van der Waals surface area contributed by atoms with Crippen LogP contribution in [0.4, 0.5) is 0 Å². The molecule has 24 heavy (non-hydrogen) atoms. The second kappa shape index (κ2) is 6.36. The monoisotopic (exact) mass is 411 g/mol. The molecule has 0 fully saturated rings. The van der Waals surface area contributed by atoms with Crippen LogP contribution in [-0.2, 0) is 20.6 Å².